The van der Waals surface area contributed by atoms with Crippen molar-refractivity contribution in [3.8, 4) is 5.75 Å². The molecule has 0 saturated heterocycles. The van der Waals surface area contributed by atoms with E-state index in [0.29, 0.717) is 11.4 Å². The Morgan fingerprint density at radius 3 is 2.11 bits per heavy atom. The first-order valence-electron chi connectivity index (χ1n) is 9.05. The van der Waals surface area contributed by atoms with Crippen LogP contribution in [-0.2, 0) is 9.59 Å². The van der Waals surface area contributed by atoms with Crippen molar-refractivity contribution in [3.63, 3.8) is 0 Å². The number of ether oxygens (including phenoxy) is 1. The molecule has 2 amide bonds. The molecule has 0 aromatic heterocycles. The van der Waals surface area contributed by atoms with Crippen LogP contribution in [0.5, 0.6) is 5.75 Å². The largest absolute Gasteiger partial charge is 0.491 e. The number of benzene rings is 2. The number of hydrogen-bond acceptors (Lipinski definition) is 4. The zero-order valence-electron chi connectivity index (χ0n) is 16.2. The molecule has 0 aliphatic heterocycles. The Kier molecular flexibility index (Phi) is 7.23. The van der Waals surface area contributed by atoms with E-state index in [-0.39, 0.29) is 30.4 Å². The van der Waals surface area contributed by atoms with Gasteiger partial charge in [-0.3, -0.25) is 9.59 Å². The van der Waals surface area contributed by atoms with Crippen LogP contribution in [0.3, 0.4) is 0 Å². The van der Waals surface area contributed by atoms with Gasteiger partial charge in [0.1, 0.15) is 5.75 Å². The molecule has 0 bridgehead atoms. The molecule has 0 aliphatic carbocycles. The Morgan fingerprint density at radius 1 is 0.889 bits per heavy atom. The third-order valence-corrected chi connectivity index (χ3v) is 3.62. The van der Waals surface area contributed by atoms with Crippen LogP contribution >= 0.6 is 0 Å². The molecule has 144 valence electrons. The highest BCUT2D eigenvalue weighted by Crippen LogP contribution is 2.18. The maximum atomic E-state index is 12.2. The second kappa shape index (κ2) is 9.62. The molecule has 0 radical (unpaired) electrons. The van der Waals surface area contributed by atoms with E-state index in [1.54, 1.807) is 24.3 Å². The summed E-state index contributed by atoms with van der Waals surface area (Å²) in [6.07, 6.45) is 0.121. The summed E-state index contributed by atoms with van der Waals surface area (Å²) >= 11 is 0. The first-order chi connectivity index (χ1) is 12.8. The highest BCUT2D eigenvalue weighted by Gasteiger charge is 2.08. The lowest BCUT2D eigenvalue weighted by atomic mass is 10.2. The van der Waals surface area contributed by atoms with Gasteiger partial charge in [-0.25, -0.2) is 0 Å². The molecule has 27 heavy (non-hydrogen) atoms. The Hall–Kier alpha value is -3.02. The zero-order chi connectivity index (χ0) is 19.8. The van der Waals surface area contributed by atoms with Crippen LogP contribution < -0.4 is 20.7 Å². The summed E-state index contributed by atoms with van der Waals surface area (Å²) in [4.78, 5) is 23.9. The Balaban J connectivity index is 1.86. The SMILES string of the molecule is CC(C)Oc1ccc(NCC(=O)Nc2cccc(NC(=O)C(C)C)c2)cc1. The van der Waals surface area contributed by atoms with Crippen LogP contribution in [0.1, 0.15) is 27.7 Å². The van der Waals surface area contributed by atoms with Gasteiger partial charge < -0.3 is 20.7 Å². The third kappa shape index (κ3) is 7.01. The molecule has 0 heterocycles. The standard InChI is InChI=1S/C21H27N3O3/c1-14(2)21(26)24-18-7-5-6-17(12-18)23-20(25)13-22-16-8-10-19(11-9-16)27-15(3)4/h5-12,14-15,22H,13H2,1-4H3,(H,23,25)(H,24,26). The lowest BCUT2D eigenvalue weighted by Crippen LogP contribution is -2.22. The molecule has 0 fully saturated rings. The average Bonchev–Trinajstić information content (AvgIpc) is 2.61. The third-order valence-electron chi connectivity index (χ3n) is 3.62. The van der Waals surface area contributed by atoms with Crippen molar-refractivity contribution in [1.29, 1.82) is 0 Å². The topological polar surface area (TPSA) is 79.5 Å². The highest BCUT2D eigenvalue weighted by molar-refractivity contribution is 5.96. The maximum Gasteiger partial charge on any atom is 0.243 e. The number of carbonyl (C=O) groups is 2. The number of nitrogens with one attached hydrogen (secondary N) is 3. The van der Waals surface area contributed by atoms with Crippen LogP contribution in [0.25, 0.3) is 0 Å². The van der Waals surface area contributed by atoms with Crippen LogP contribution in [0.2, 0.25) is 0 Å². The quantitative estimate of drug-likeness (QED) is 0.654. The summed E-state index contributed by atoms with van der Waals surface area (Å²) in [5.74, 6) is 0.444. The Bertz CT molecular complexity index is 770. The van der Waals surface area contributed by atoms with E-state index in [1.165, 1.54) is 0 Å². The molecule has 0 saturated carbocycles. The fourth-order valence-corrected chi connectivity index (χ4v) is 2.27. The minimum atomic E-state index is -0.176. The van der Waals surface area contributed by atoms with Gasteiger partial charge >= 0.3 is 0 Å². The molecule has 0 aliphatic rings. The predicted octanol–water partition coefficient (Wildman–Crippen LogP) is 4.12. The lowest BCUT2D eigenvalue weighted by Gasteiger charge is -2.12. The normalized spacial score (nSPS) is 10.6. The molecule has 0 spiro atoms. The first-order valence-corrected chi connectivity index (χ1v) is 9.05. The molecule has 3 N–H and O–H groups in total. The lowest BCUT2D eigenvalue weighted by molar-refractivity contribution is -0.119. The van der Waals surface area contributed by atoms with Crippen molar-refractivity contribution in [3.05, 3.63) is 48.5 Å². The molecule has 2 aromatic rings. The molecule has 2 rings (SSSR count). The van der Waals surface area contributed by atoms with Crippen molar-refractivity contribution < 1.29 is 14.3 Å². The van der Waals surface area contributed by atoms with Crippen LogP contribution in [0, 0.1) is 5.92 Å². The van der Waals surface area contributed by atoms with Crippen molar-refractivity contribution in [2.24, 2.45) is 5.92 Å². The monoisotopic (exact) mass is 369 g/mol. The summed E-state index contributed by atoms with van der Waals surface area (Å²) < 4.78 is 5.59. The van der Waals surface area contributed by atoms with E-state index >= 15 is 0 Å². The van der Waals surface area contributed by atoms with Crippen molar-refractivity contribution >= 4 is 28.9 Å². The van der Waals surface area contributed by atoms with E-state index in [9.17, 15) is 9.59 Å². The zero-order valence-corrected chi connectivity index (χ0v) is 16.2. The van der Waals surface area contributed by atoms with Gasteiger partial charge in [-0.1, -0.05) is 19.9 Å². The van der Waals surface area contributed by atoms with Crippen LogP contribution in [0.4, 0.5) is 17.1 Å². The van der Waals surface area contributed by atoms with Gasteiger partial charge in [0.15, 0.2) is 0 Å². The molecular formula is C21H27N3O3. The summed E-state index contributed by atoms with van der Waals surface area (Å²) in [5, 5.41) is 8.70. The van der Waals surface area contributed by atoms with E-state index in [4.69, 9.17) is 4.74 Å². The fourth-order valence-electron chi connectivity index (χ4n) is 2.27. The van der Waals surface area contributed by atoms with Gasteiger partial charge in [-0.05, 0) is 56.3 Å². The summed E-state index contributed by atoms with van der Waals surface area (Å²) in [7, 11) is 0. The van der Waals surface area contributed by atoms with E-state index in [1.807, 2.05) is 52.0 Å². The number of anilines is 3. The fraction of sp³-hybridized carbons (Fsp3) is 0.333. The number of carbonyl (C=O) groups excluding carboxylic acids is 2. The average molecular weight is 369 g/mol. The minimum Gasteiger partial charge on any atom is -0.491 e. The minimum absolute atomic E-state index is 0.0648. The number of amides is 2. The van der Waals surface area contributed by atoms with Gasteiger partial charge in [0.2, 0.25) is 11.8 Å². The van der Waals surface area contributed by atoms with Gasteiger partial charge in [0, 0.05) is 23.0 Å². The molecule has 0 unspecified atom stereocenters. The van der Waals surface area contributed by atoms with E-state index < -0.39 is 0 Å². The Labute approximate surface area is 160 Å². The molecule has 2 aromatic carbocycles. The molecular weight excluding hydrogens is 342 g/mol. The predicted molar refractivity (Wildman–Crippen MR) is 109 cm³/mol. The second-order valence-corrected chi connectivity index (χ2v) is 6.82. The van der Waals surface area contributed by atoms with Crippen molar-refractivity contribution in [2.75, 3.05) is 22.5 Å². The van der Waals surface area contributed by atoms with Crippen molar-refractivity contribution in [2.45, 2.75) is 33.8 Å². The van der Waals surface area contributed by atoms with Crippen molar-refractivity contribution in [1.82, 2.24) is 0 Å². The first kappa shape index (κ1) is 20.3. The maximum absolute atomic E-state index is 12.2. The Morgan fingerprint density at radius 2 is 1.52 bits per heavy atom. The molecule has 6 nitrogen and oxygen atoms in total. The molecule has 0 atom stereocenters. The van der Waals surface area contributed by atoms with Gasteiger partial charge in [0.05, 0.1) is 12.6 Å². The van der Waals surface area contributed by atoms with Gasteiger partial charge in [0.25, 0.3) is 0 Å². The molecule has 6 heteroatoms. The summed E-state index contributed by atoms with van der Waals surface area (Å²) in [5.41, 5.74) is 2.11. The van der Waals surface area contributed by atoms with Crippen LogP contribution in [0.15, 0.2) is 48.5 Å². The number of rotatable bonds is 8. The van der Waals surface area contributed by atoms with E-state index in [2.05, 4.69) is 16.0 Å². The van der Waals surface area contributed by atoms with E-state index in [0.717, 1.165) is 11.4 Å². The highest BCUT2D eigenvalue weighted by atomic mass is 16.5. The summed E-state index contributed by atoms with van der Waals surface area (Å²) in [6.45, 7) is 7.73. The second-order valence-electron chi connectivity index (χ2n) is 6.82. The van der Waals surface area contributed by atoms with Gasteiger partial charge in [-0.15, -0.1) is 0 Å². The van der Waals surface area contributed by atoms with Gasteiger partial charge in [-0.2, -0.15) is 0 Å². The number of hydrogen-bond donors (Lipinski definition) is 3. The smallest absolute Gasteiger partial charge is 0.243 e. The van der Waals surface area contributed by atoms with Crippen LogP contribution in [-0.4, -0.2) is 24.5 Å². The summed E-state index contributed by atoms with van der Waals surface area (Å²) in [6, 6.07) is 14.5.